The van der Waals surface area contributed by atoms with E-state index in [0.717, 1.165) is 22.2 Å². The van der Waals surface area contributed by atoms with Crippen LogP contribution in [-0.2, 0) is 0 Å². The Hall–Kier alpha value is -3.21. The molecular formula is C17H12N4O. The van der Waals surface area contributed by atoms with Crippen LogP contribution < -0.4 is 4.74 Å². The van der Waals surface area contributed by atoms with Crippen LogP contribution in [0.4, 0.5) is 0 Å². The van der Waals surface area contributed by atoms with Crippen molar-refractivity contribution in [3.8, 4) is 22.9 Å². The summed E-state index contributed by atoms with van der Waals surface area (Å²) in [5.41, 5.74) is 2.79. The van der Waals surface area contributed by atoms with Crippen molar-refractivity contribution in [3.63, 3.8) is 0 Å². The van der Waals surface area contributed by atoms with Crippen LogP contribution in [0.15, 0.2) is 67.1 Å². The highest BCUT2D eigenvalue weighted by Gasteiger charge is 2.03. The molecule has 0 saturated heterocycles. The molecule has 0 unspecified atom stereocenters. The van der Waals surface area contributed by atoms with Gasteiger partial charge < -0.3 is 4.74 Å². The van der Waals surface area contributed by atoms with E-state index in [9.17, 15) is 0 Å². The molecule has 0 atom stereocenters. The predicted molar refractivity (Wildman–Crippen MR) is 83.6 cm³/mol. The lowest BCUT2D eigenvalue weighted by molar-refractivity contribution is 0.463. The Balaban J connectivity index is 1.59. The van der Waals surface area contributed by atoms with Crippen LogP contribution in [0.3, 0.4) is 0 Å². The molecule has 4 rings (SSSR count). The minimum atomic E-state index is 0.540. The lowest BCUT2D eigenvalue weighted by Gasteiger charge is -2.06. The number of H-pyrrole nitrogens is 1. The smallest absolute Gasteiger partial charge is 0.219 e. The summed E-state index contributed by atoms with van der Waals surface area (Å²) in [6.45, 7) is 0. The standard InChI is InChI=1S/C17H12N4O/c1-2-12-3-5-14(10-16(12)18-8-1)22-17-6-4-13(11-19-17)15-7-9-20-21-15/h1-11H,(H,20,21). The van der Waals surface area contributed by atoms with Crippen LogP contribution in [0.25, 0.3) is 22.2 Å². The van der Waals surface area contributed by atoms with Gasteiger partial charge in [-0.15, -0.1) is 0 Å². The first-order valence-corrected chi connectivity index (χ1v) is 6.87. The van der Waals surface area contributed by atoms with Gasteiger partial charge >= 0.3 is 0 Å². The number of aromatic nitrogens is 4. The number of nitrogens with one attached hydrogen (secondary N) is 1. The third-order valence-corrected chi connectivity index (χ3v) is 3.35. The van der Waals surface area contributed by atoms with Gasteiger partial charge in [0.15, 0.2) is 0 Å². The van der Waals surface area contributed by atoms with Crippen molar-refractivity contribution in [1.29, 1.82) is 0 Å². The van der Waals surface area contributed by atoms with Crippen molar-refractivity contribution in [2.75, 3.05) is 0 Å². The second-order valence-electron chi connectivity index (χ2n) is 4.82. The van der Waals surface area contributed by atoms with Crippen molar-refractivity contribution in [1.82, 2.24) is 20.2 Å². The molecule has 3 aromatic heterocycles. The van der Waals surface area contributed by atoms with Gasteiger partial charge in [0, 0.05) is 41.7 Å². The third kappa shape index (κ3) is 2.40. The maximum Gasteiger partial charge on any atom is 0.219 e. The van der Waals surface area contributed by atoms with Crippen LogP contribution in [0.1, 0.15) is 0 Å². The van der Waals surface area contributed by atoms with Crippen LogP contribution in [0.2, 0.25) is 0 Å². The van der Waals surface area contributed by atoms with Crippen molar-refractivity contribution >= 4 is 10.9 Å². The molecule has 5 nitrogen and oxygen atoms in total. The summed E-state index contributed by atoms with van der Waals surface area (Å²) >= 11 is 0. The minimum Gasteiger partial charge on any atom is -0.439 e. The number of benzene rings is 1. The molecule has 0 aliphatic rings. The van der Waals surface area contributed by atoms with Gasteiger partial charge in [0.05, 0.1) is 11.2 Å². The summed E-state index contributed by atoms with van der Waals surface area (Å²) in [5, 5.41) is 7.91. The van der Waals surface area contributed by atoms with Crippen LogP contribution in [-0.4, -0.2) is 20.2 Å². The fourth-order valence-corrected chi connectivity index (χ4v) is 2.25. The van der Waals surface area contributed by atoms with E-state index in [1.54, 1.807) is 18.6 Å². The van der Waals surface area contributed by atoms with E-state index >= 15 is 0 Å². The first kappa shape index (κ1) is 12.5. The molecule has 0 aliphatic carbocycles. The molecule has 4 aromatic rings. The number of aromatic amines is 1. The Bertz CT molecular complexity index is 902. The lowest BCUT2D eigenvalue weighted by atomic mass is 10.2. The number of hydrogen-bond donors (Lipinski definition) is 1. The maximum absolute atomic E-state index is 5.78. The van der Waals surface area contributed by atoms with E-state index < -0.39 is 0 Å². The number of fused-ring (bicyclic) bond motifs is 1. The molecular weight excluding hydrogens is 276 g/mol. The van der Waals surface area contributed by atoms with E-state index in [2.05, 4.69) is 20.2 Å². The highest BCUT2D eigenvalue weighted by atomic mass is 16.5. The number of ether oxygens (including phenoxy) is 1. The molecule has 0 bridgehead atoms. The van der Waals surface area contributed by atoms with Gasteiger partial charge in [-0.05, 0) is 30.3 Å². The first-order valence-electron chi connectivity index (χ1n) is 6.87. The Kier molecular flexibility index (Phi) is 3.01. The molecule has 5 heteroatoms. The molecule has 1 aromatic carbocycles. The Morgan fingerprint density at radius 2 is 1.91 bits per heavy atom. The van der Waals surface area contributed by atoms with Gasteiger partial charge in [-0.2, -0.15) is 5.10 Å². The Morgan fingerprint density at radius 3 is 2.73 bits per heavy atom. The summed E-state index contributed by atoms with van der Waals surface area (Å²) in [7, 11) is 0. The van der Waals surface area contributed by atoms with Crippen LogP contribution in [0.5, 0.6) is 11.6 Å². The number of nitrogens with zero attached hydrogens (tertiary/aromatic N) is 3. The molecule has 3 heterocycles. The fraction of sp³-hybridized carbons (Fsp3) is 0. The average Bonchev–Trinajstić information content (AvgIpc) is 3.10. The second kappa shape index (κ2) is 5.29. The number of pyridine rings is 2. The summed E-state index contributed by atoms with van der Waals surface area (Å²) in [5.74, 6) is 1.26. The molecule has 0 spiro atoms. The topological polar surface area (TPSA) is 63.7 Å². The number of rotatable bonds is 3. The quantitative estimate of drug-likeness (QED) is 0.622. The first-order chi connectivity index (χ1) is 10.9. The summed E-state index contributed by atoms with van der Waals surface area (Å²) in [6.07, 6.45) is 5.23. The molecule has 0 amide bonds. The summed E-state index contributed by atoms with van der Waals surface area (Å²) in [4.78, 5) is 8.64. The summed E-state index contributed by atoms with van der Waals surface area (Å²) in [6, 6.07) is 15.4. The van der Waals surface area contributed by atoms with E-state index in [1.165, 1.54) is 0 Å². The normalized spacial score (nSPS) is 10.7. The molecule has 0 saturated carbocycles. The maximum atomic E-state index is 5.78. The van der Waals surface area contributed by atoms with Crippen molar-refractivity contribution < 1.29 is 4.74 Å². The molecule has 22 heavy (non-hydrogen) atoms. The Morgan fingerprint density at radius 1 is 0.909 bits per heavy atom. The highest BCUT2D eigenvalue weighted by molar-refractivity contribution is 5.79. The van der Waals surface area contributed by atoms with Gasteiger partial charge in [-0.1, -0.05) is 6.07 Å². The van der Waals surface area contributed by atoms with Gasteiger partial charge in [0.25, 0.3) is 0 Å². The van der Waals surface area contributed by atoms with Crippen molar-refractivity contribution in [2.24, 2.45) is 0 Å². The molecule has 106 valence electrons. The fourth-order valence-electron chi connectivity index (χ4n) is 2.25. The van der Waals surface area contributed by atoms with E-state index in [1.807, 2.05) is 48.5 Å². The number of hydrogen-bond acceptors (Lipinski definition) is 4. The lowest BCUT2D eigenvalue weighted by Crippen LogP contribution is -1.89. The van der Waals surface area contributed by atoms with Crippen molar-refractivity contribution in [2.45, 2.75) is 0 Å². The SMILES string of the molecule is c1cnc2cc(Oc3ccc(-c4ccn[nH]4)cn3)ccc2c1. The zero-order valence-corrected chi connectivity index (χ0v) is 11.6. The minimum absolute atomic E-state index is 0.540. The van der Waals surface area contributed by atoms with E-state index in [4.69, 9.17) is 4.74 Å². The van der Waals surface area contributed by atoms with E-state index in [-0.39, 0.29) is 0 Å². The van der Waals surface area contributed by atoms with Gasteiger partial charge in [-0.3, -0.25) is 10.1 Å². The van der Waals surface area contributed by atoms with E-state index in [0.29, 0.717) is 11.6 Å². The highest BCUT2D eigenvalue weighted by Crippen LogP contribution is 2.24. The second-order valence-corrected chi connectivity index (χ2v) is 4.82. The average molecular weight is 288 g/mol. The van der Waals surface area contributed by atoms with Gasteiger partial charge in [0.2, 0.25) is 5.88 Å². The summed E-state index contributed by atoms with van der Waals surface area (Å²) < 4.78 is 5.78. The molecule has 0 radical (unpaired) electrons. The monoisotopic (exact) mass is 288 g/mol. The van der Waals surface area contributed by atoms with Crippen LogP contribution in [0, 0.1) is 0 Å². The zero-order valence-electron chi connectivity index (χ0n) is 11.6. The largest absolute Gasteiger partial charge is 0.439 e. The van der Waals surface area contributed by atoms with Gasteiger partial charge in [-0.25, -0.2) is 4.98 Å². The Labute approximate surface area is 126 Å². The molecule has 0 aliphatic heterocycles. The molecule has 1 N–H and O–H groups in total. The predicted octanol–water partition coefficient (Wildman–Crippen LogP) is 3.81. The van der Waals surface area contributed by atoms with Crippen LogP contribution >= 0.6 is 0 Å². The van der Waals surface area contributed by atoms with Gasteiger partial charge in [0.1, 0.15) is 5.75 Å². The molecule has 0 fully saturated rings. The zero-order chi connectivity index (χ0) is 14.8. The third-order valence-electron chi connectivity index (χ3n) is 3.35. The van der Waals surface area contributed by atoms with Crippen molar-refractivity contribution in [3.05, 3.63) is 67.1 Å².